The molecule has 0 spiro atoms. The van der Waals surface area contributed by atoms with E-state index in [1.807, 2.05) is 0 Å². The molecule has 0 aromatic heterocycles. The second-order valence-corrected chi connectivity index (χ2v) is 4.90. The summed E-state index contributed by atoms with van der Waals surface area (Å²) in [5.74, 6) is -0.837. The van der Waals surface area contributed by atoms with Crippen molar-refractivity contribution in [2.45, 2.75) is 18.8 Å². The summed E-state index contributed by atoms with van der Waals surface area (Å²) >= 11 is 1.45. The van der Waals surface area contributed by atoms with Gasteiger partial charge in [-0.3, -0.25) is 4.79 Å². The highest BCUT2D eigenvalue weighted by Gasteiger charge is 2.43. The average molecular weight is 412 g/mol. The first-order valence-corrected chi connectivity index (χ1v) is 6.08. The van der Waals surface area contributed by atoms with Crippen LogP contribution in [0.5, 0.6) is 0 Å². The lowest BCUT2D eigenvalue weighted by Crippen LogP contribution is -2.18. The van der Waals surface area contributed by atoms with Gasteiger partial charge in [-0.25, -0.2) is 0 Å². The maximum Gasteiger partial charge on any atom is 0.417 e. The third-order valence-electron chi connectivity index (χ3n) is 2.36. The van der Waals surface area contributed by atoms with Gasteiger partial charge in [0.2, 0.25) is 0 Å². The first-order valence-electron chi connectivity index (χ1n) is 5.00. The topological polar surface area (TPSA) is 26.3 Å². The number of esters is 1. The van der Waals surface area contributed by atoms with Crippen LogP contribution in [0.25, 0.3) is 0 Å². The first kappa shape index (κ1) is 17.1. The standard InChI is InChI=1S/C11H7F6IO2/c1-20-9(19)3-5-2-6(10(12,13)14)7(4-8(5)18)11(15,16)17/h2,4H,3H2,1H3. The molecule has 0 unspecified atom stereocenters. The van der Waals surface area contributed by atoms with E-state index in [4.69, 9.17) is 0 Å². The maximum absolute atomic E-state index is 12.7. The molecule has 2 nitrogen and oxygen atoms in total. The van der Waals surface area contributed by atoms with E-state index in [-0.39, 0.29) is 9.13 Å². The van der Waals surface area contributed by atoms with E-state index in [2.05, 4.69) is 4.74 Å². The molecule has 9 heteroatoms. The zero-order chi connectivity index (χ0) is 15.7. The van der Waals surface area contributed by atoms with E-state index in [9.17, 15) is 31.1 Å². The molecule has 0 heterocycles. The molecule has 0 fully saturated rings. The minimum absolute atomic E-state index is 0.0895. The number of alkyl halides is 6. The van der Waals surface area contributed by atoms with Gasteiger partial charge in [-0.1, -0.05) is 0 Å². The van der Waals surface area contributed by atoms with E-state index < -0.39 is 35.9 Å². The second-order valence-electron chi connectivity index (χ2n) is 3.74. The van der Waals surface area contributed by atoms with E-state index >= 15 is 0 Å². The number of halogens is 7. The highest BCUT2D eigenvalue weighted by molar-refractivity contribution is 14.1. The van der Waals surface area contributed by atoms with Gasteiger partial charge in [0.05, 0.1) is 24.7 Å². The summed E-state index contributed by atoms with van der Waals surface area (Å²) in [4.78, 5) is 11.0. The zero-order valence-electron chi connectivity index (χ0n) is 9.82. The molecule has 0 atom stereocenters. The lowest BCUT2D eigenvalue weighted by molar-refractivity contribution is -0.162. The number of benzene rings is 1. The predicted octanol–water partition coefficient (Wildman–Crippen LogP) is 4.04. The van der Waals surface area contributed by atoms with Crippen LogP contribution in [0.1, 0.15) is 16.7 Å². The molecule has 1 rings (SSSR count). The van der Waals surface area contributed by atoms with Crippen molar-refractivity contribution in [1.82, 2.24) is 0 Å². The van der Waals surface area contributed by atoms with E-state index in [1.165, 1.54) is 22.6 Å². The smallest absolute Gasteiger partial charge is 0.417 e. The number of hydrogen-bond acceptors (Lipinski definition) is 2. The summed E-state index contributed by atoms with van der Waals surface area (Å²) in [6, 6.07) is 0.711. The fraction of sp³-hybridized carbons (Fsp3) is 0.364. The predicted molar refractivity (Wildman–Crippen MR) is 64.9 cm³/mol. The molecule has 112 valence electrons. The Bertz CT molecular complexity index is 521. The normalized spacial score (nSPS) is 12.4. The molecule has 0 aliphatic rings. The summed E-state index contributed by atoms with van der Waals surface area (Å²) in [7, 11) is 1.03. The van der Waals surface area contributed by atoms with Gasteiger partial charge in [0, 0.05) is 3.57 Å². The van der Waals surface area contributed by atoms with Crippen LogP contribution in [0, 0.1) is 3.57 Å². The van der Waals surface area contributed by atoms with Crippen molar-refractivity contribution in [2.75, 3.05) is 7.11 Å². The van der Waals surface area contributed by atoms with Gasteiger partial charge in [-0.15, -0.1) is 0 Å². The summed E-state index contributed by atoms with van der Waals surface area (Å²) in [5, 5.41) is 0. The van der Waals surface area contributed by atoms with E-state index in [1.54, 1.807) is 0 Å². The van der Waals surface area contributed by atoms with Gasteiger partial charge in [0.1, 0.15) is 0 Å². The lowest BCUT2D eigenvalue weighted by Gasteiger charge is -2.17. The number of methoxy groups -OCH3 is 1. The van der Waals surface area contributed by atoms with Gasteiger partial charge < -0.3 is 4.74 Å². The summed E-state index contributed by atoms with van der Waals surface area (Å²) < 4.78 is 80.1. The number of rotatable bonds is 2. The second kappa shape index (κ2) is 5.78. The number of hydrogen-bond donors (Lipinski definition) is 0. The van der Waals surface area contributed by atoms with Crippen LogP contribution in [-0.4, -0.2) is 13.1 Å². The molecule has 0 aliphatic heterocycles. The van der Waals surface area contributed by atoms with Crippen LogP contribution in [0.4, 0.5) is 26.3 Å². The monoisotopic (exact) mass is 412 g/mol. The van der Waals surface area contributed by atoms with Crippen LogP contribution in [0.2, 0.25) is 0 Å². The van der Waals surface area contributed by atoms with Crippen LogP contribution >= 0.6 is 22.6 Å². The largest absolute Gasteiger partial charge is 0.469 e. The Morgan fingerprint density at radius 3 is 1.95 bits per heavy atom. The molecule has 0 saturated heterocycles. The van der Waals surface area contributed by atoms with Gasteiger partial charge in [-0.05, 0) is 40.3 Å². The van der Waals surface area contributed by atoms with Crippen molar-refractivity contribution in [1.29, 1.82) is 0 Å². The van der Waals surface area contributed by atoms with Crippen LogP contribution in [0.15, 0.2) is 12.1 Å². The van der Waals surface area contributed by atoms with Crippen molar-refractivity contribution < 1.29 is 35.9 Å². The molecule has 0 radical (unpaired) electrons. The zero-order valence-corrected chi connectivity index (χ0v) is 12.0. The first-order chi connectivity index (χ1) is 8.96. The van der Waals surface area contributed by atoms with E-state index in [0.717, 1.165) is 7.11 Å². The van der Waals surface area contributed by atoms with Crippen LogP contribution in [0.3, 0.4) is 0 Å². The fourth-order valence-corrected chi connectivity index (χ4v) is 2.11. The maximum atomic E-state index is 12.7. The Kier molecular flexibility index (Phi) is 4.93. The van der Waals surface area contributed by atoms with E-state index in [0.29, 0.717) is 12.1 Å². The molecule has 0 aliphatic carbocycles. The lowest BCUT2D eigenvalue weighted by atomic mass is 10.0. The van der Waals surface area contributed by atoms with Gasteiger partial charge in [0.15, 0.2) is 0 Å². The molecular formula is C11H7F6IO2. The minimum Gasteiger partial charge on any atom is -0.469 e. The van der Waals surface area contributed by atoms with Crippen molar-refractivity contribution in [3.63, 3.8) is 0 Å². The highest BCUT2D eigenvalue weighted by Crippen LogP contribution is 2.41. The molecule has 1 aromatic carbocycles. The Morgan fingerprint density at radius 1 is 1.10 bits per heavy atom. The Labute approximate surface area is 123 Å². The molecule has 20 heavy (non-hydrogen) atoms. The molecule has 0 amide bonds. The Balaban J connectivity index is 3.44. The molecule has 0 N–H and O–H groups in total. The van der Waals surface area contributed by atoms with Gasteiger partial charge in [0.25, 0.3) is 0 Å². The molecule has 0 saturated carbocycles. The summed E-state index contributed by atoms with van der Waals surface area (Å²) in [6.45, 7) is 0. The Hall–Kier alpha value is -1.00. The fourth-order valence-electron chi connectivity index (χ4n) is 1.45. The van der Waals surface area contributed by atoms with Crippen molar-refractivity contribution in [3.05, 3.63) is 32.4 Å². The van der Waals surface area contributed by atoms with Gasteiger partial charge >= 0.3 is 18.3 Å². The number of carbonyl (C=O) groups is 1. The third kappa shape index (κ3) is 4.00. The van der Waals surface area contributed by atoms with Crippen molar-refractivity contribution in [2.24, 2.45) is 0 Å². The SMILES string of the molecule is COC(=O)Cc1cc(C(F)(F)F)c(C(F)(F)F)cc1I. The molecule has 0 bridgehead atoms. The van der Waals surface area contributed by atoms with Crippen molar-refractivity contribution in [3.8, 4) is 0 Å². The highest BCUT2D eigenvalue weighted by atomic mass is 127. The van der Waals surface area contributed by atoms with Crippen LogP contribution in [-0.2, 0) is 28.3 Å². The van der Waals surface area contributed by atoms with Crippen LogP contribution < -0.4 is 0 Å². The molecular weight excluding hydrogens is 405 g/mol. The Morgan fingerprint density at radius 2 is 1.55 bits per heavy atom. The minimum atomic E-state index is -5.17. The quantitative estimate of drug-likeness (QED) is 0.417. The van der Waals surface area contributed by atoms with Gasteiger partial charge in [-0.2, -0.15) is 26.3 Å². The van der Waals surface area contributed by atoms with Crippen molar-refractivity contribution >= 4 is 28.6 Å². The summed E-state index contributed by atoms with van der Waals surface area (Å²) in [5.41, 5.74) is -3.76. The molecule has 1 aromatic rings. The third-order valence-corrected chi connectivity index (χ3v) is 3.36. The summed E-state index contributed by atoms with van der Waals surface area (Å²) in [6.07, 6.45) is -10.8. The average Bonchev–Trinajstić information content (AvgIpc) is 2.28. The number of ether oxygens (including phenoxy) is 1. The number of carbonyl (C=O) groups excluding carboxylic acids is 1.